The number of hydrogen-bond donors (Lipinski definition) is 3. The van der Waals surface area contributed by atoms with E-state index in [0.29, 0.717) is 11.7 Å². The van der Waals surface area contributed by atoms with E-state index in [0.717, 1.165) is 37.9 Å². The lowest BCUT2D eigenvalue weighted by atomic mass is 10.1. The zero-order valence-corrected chi connectivity index (χ0v) is 10.3. The van der Waals surface area contributed by atoms with E-state index in [4.69, 9.17) is 5.73 Å². The highest BCUT2D eigenvalue weighted by molar-refractivity contribution is 5.77. The molecule has 0 aromatic heterocycles. The van der Waals surface area contributed by atoms with Crippen LogP contribution in [-0.2, 0) is 6.42 Å². The molecular formula is C13H21N3O. The molecule has 0 spiro atoms. The fraction of sp³-hybridized carbons (Fsp3) is 0.462. The van der Waals surface area contributed by atoms with Gasteiger partial charge in [0.2, 0.25) is 0 Å². The fourth-order valence-corrected chi connectivity index (χ4v) is 1.46. The van der Waals surface area contributed by atoms with Crippen molar-refractivity contribution in [2.75, 3.05) is 13.1 Å². The van der Waals surface area contributed by atoms with Crippen LogP contribution in [0.3, 0.4) is 0 Å². The van der Waals surface area contributed by atoms with Gasteiger partial charge >= 0.3 is 0 Å². The monoisotopic (exact) mass is 235 g/mol. The minimum absolute atomic E-state index is 0.298. The fourth-order valence-electron chi connectivity index (χ4n) is 1.46. The standard InChI is InChI=1S/C13H21N3O/c1-2-3-8-15-13(14)16-9-7-11-5-4-6-12(17)10-11/h4-6,10,17H,2-3,7-9H2,1H3,(H3,14,15,16). The topological polar surface area (TPSA) is 70.6 Å². The SMILES string of the molecule is CCCCN=C(N)NCCc1cccc(O)c1. The van der Waals surface area contributed by atoms with Crippen molar-refractivity contribution in [1.29, 1.82) is 0 Å². The molecule has 0 fully saturated rings. The van der Waals surface area contributed by atoms with E-state index < -0.39 is 0 Å². The third-order valence-electron chi connectivity index (χ3n) is 2.42. The maximum Gasteiger partial charge on any atom is 0.188 e. The third-order valence-corrected chi connectivity index (χ3v) is 2.42. The molecule has 4 nitrogen and oxygen atoms in total. The number of rotatable bonds is 6. The Kier molecular flexibility index (Phi) is 5.93. The van der Waals surface area contributed by atoms with Crippen molar-refractivity contribution in [3.8, 4) is 5.75 Å². The number of nitrogens with two attached hydrogens (primary N) is 1. The van der Waals surface area contributed by atoms with E-state index in [9.17, 15) is 5.11 Å². The Labute approximate surface area is 103 Å². The van der Waals surface area contributed by atoms with Crippen LogP contribution in [0, 0.1) is 0 Å². The van der Waals surface area contributed by atoms with Crippen molar-refractivity contribution in [2.24, 2.45) is 10.7 Å². The number of aromatic hydroxyl groups is 1. The molecule has 0 saturated heterocycles. The van der Waals surface area contributed by atoms with Crippen molar-refractivity contribution in [3.63, 3.8) is 0 Å². The van der Waals surface area contributed by atoms with Crippen molar-refractivity contribution < 1.29 is 5.11 Å². The molecule has 1 aromatic carbocycles. The van der Waals surface area contributed by atoms with E-state index in [1.807, 2.05) is 12.1 Å². The molecule has 4 heteroatoms. The number of aliphatic imine (C=N–C) groups is 1. The summed E-state index contributed by atoms with van der Waals surface area (Å²) in [6.07, 6.45) is 3.01. The van der Waals surface area contributed by atoms with Crippen molar-refractivity contribution in [1.82, 2.24) is 5.32 Å². The van der Waals surface area contributed by atoms with Gasteiger partial charge in [-0.3, -0.25) is 4.99 Å². The van der Waals surface area contributed by atoms with Gasteiger partial charge in [-0.25, -0.2) is 0 Å². The number of benzene rings is 1. The first-order valence-corrected chi connectivity index (χ1v) is 6.04. The largest absolute Gasteiger partial charge is 0.508 e. The average Bonchev–Trinajstić information content (AvgIpc) is 2.29. The molecule has 4 N–H and O–H groups in total. The maximum absolute atomic E-state index is 9.30. The molecule has 0 aliphatic heterocycles. The molecule has 0 heterocycles. The Morgan fingerprint density at radius 2 is 2.29 bits per heavy atom. The predicted octanol–water partition coefficient (Wildman–Crippen LogP) is 1.64. The molecule has 0 saturated carbocycles. The summed E-state index contributed by atoms with van der Waals surface area (Å²) in [5, 5.41) is 12.4. The van der Waals surface area contributed by atoms with E-state index in [1.54, 1.807) is 12.1 Å². The van der Waals surface area contributed by atoms with Gasteiger partial charge in [-0.05, 0) is 30.5 Å². The molecule has 0 radical (unpaired) electrons. The highest BCUT2D eigenvalue weighted by atomic mass is 16.3. The van der Waals surface area contributed by atoms with Gasteiger partial charge in [0.05, 0.1) is 0 Å². The molecule has 0 aliphatic carbocycles. The molecule has 0 unspecified atom stereocenters. The lowest BCUT2D eigenvalue weighted by molar-refractivity contribution is 0.474. The zero-order valence-electron chi connectivity index (χ0n) is 10.3. The van der Waals surface area contributed by atoms with Gasteiger partial charge in [-0.2, -0.15) is 0 Å². The second kappa shape index (κ2) is 7.54. The number of guanidine groups is 1. The van der Waals surface area contributed by atoms with Gasteiger partial charge in [0.1, 0.15) is 5.75 Å². The first kappa shape index (κ1) is 13.4. The quantitative estimate of drug-likeness (QED) is 0.399. The second-order valence-electron chi connectivity index (χ2n) is 3.97. The molecule has 17 heavy (non-hydrogen) atoms. The van der Waals surface area contributed by atoms with Crippen LogP contribution in [0.25, 0.3) is 0 Å². The minimum Gasteiger partial charge on any atom is -0.508 e. The van der Waals surface area contributed by atoms with Gasteiger partial charge in [-0.1, -0.05) is 25.5 Å². The Bertz CT molecular complexity index is 363. The van der Waals surface area contributed by atoms with Gasteiger partial charge in [0.15, 0.2) is 5.96 Å². The lowest BCUT2D eigenvalue weighted by Crippen LogP contribution is -2.33. The van der Waals surface area contributed by atoms with Gasteiger partial charge in [-0.15, -0.1) is 0 Å². The normalized spacial score (nSPS) is 11.5. The molecule has 0 bridgehead atoms. The van der Waals surface area contributed by atoms with Gasteiger partial charge < -0.3 is 16.2 Å². The summed E-state index contributed by atoms with van der Waals surface area (Å²) in [6.45, 7) is 3.63. The van der Waals surface area contributed by atoms with Gasteiger partial charge in [0, 0.05) is 13.1 Å². The summed E-state index contributed by atoms with van der Waals surface area (Å²) in [6, 6.07) is 7.23. The van der Waals surface area contributed by atoms with Gasteiger partial charge in [0.25, 0.3) is 0 Å². The van der Waals surface area contributed by atoms with Crippen molar-refractivity contribution >= 4 is 5.96 Å². The summed E-state index contributed by atoms with van der Waals surface area (Å²) in [7, 11) is 0. The Hall–Kier alpha value is -1.71. The highest BCUT2D eigenvalue weighted by Gasteiger charge is 1.95. The zero-order chi connectivity index (χ0) is 12.5. The number of phenols is 1. The van der Waals surface area contributed by atoms with Crippen molar-refractivity contribution in [2.45, 2.75) is 26.2 Å². The molecule has 94 valence electrons. The predicted molar refractivity (Wildman–Crippen MR) is 71.2 cm³/mol. The van der Waals surface area contributed by atoms with E-state index in [1.165, 1.54) is 0 Å². The van der Waals surface area contributed by atoms with Crippen LogP contribution in [0.4, 0.5) is 0 Å². The van der Waals surface area contributed by atoms with Crippen LogP contribution in [0.2, 0.25) is 0 Å². The Morgan fingerprint density at radius 1 is 1.47 bits per heavy atom. The molecule has 1 rings (SSSR count). The van der Waals surface area contributed by atoms with Crippen LogP contribution in [-0.4, -0.2) is 24.2 Å². The number of unbranched alkanes of at least 4 members (excludes halogenated alkanes) is 1. The first-order chi connectivity index (χ1) is 8.22. The Balaban J connectivity index is 2.25. The molecular weight excluding hydrogens is 214 g/mol. The summed E-state index contributed by atoms with van der Waals surface area (Å²) in [5.41, 5.74) is 6.78. The molecule has 0 amide bonds. The average molecular weight is 235 g/mol. The summed E-state index contributed by atoms with van der Waals surface area (Å²) in [4.78, 5) is 4.20. The van der Waals surface area contributed by atoms with E-state index >= 15 is 0 Å². The van der Waals surface area contributed by atoms with Crippen LogP contribution in [0.15, 0.2) is 29.3 Å². The van der Waals surface area contributed by atoms with E-state index in [-0.39, 0.29) is 0 Å². The minimum atomic E-state index is 0.298. The number of phenolic OH excluding ortho intramolecular Hbond substituents is 1. The number of nitrogens with one attached hydrogen (secondary N) is 1. The summed E-state index contributed by atoms with van der Waals surface area (Å²) < 4.78 is 0. The third kappa shape index (κ3) is 5.80. The van der Waals surface area contributed by atoms with Crippen LogP contribution >= 0.6 is 0 Å². The number of nitrogens with zero attached hydrogens (tertiary/aromatic N) is 1. The van der Waals surface area contributed by atoms with Crippen LogP contribution < -0.4 is 11.1 Å². The molecule has 1 aromatic rings. The first-order valence-electron chi connectivity index (χ1n) is 6.04. The van der Waals surface area contributed by atoms with E-state index in [2.05, 4.69) is 17.2 Å². The summed E-state index contributed by atoms with van der Waals surface area (Å²) >= 11 is 0. The highest BCUT2D eigenvalue weighted by Crippen LogP contribution is 2.10. The smallest absolute Gasteiger partial charge is 0.188 e. The molecule has 0 atom stereocenters. The lowest BCUT2D eigenvalue weighted by Gasteiger charge is -2.05. The van der Waals surface area contributed by atoms with Crippen LogP contribution in [0.1, 0.15) is 25.3 Å². The van der Waals surface area contributed by atoms with Crippen molar-refractivity contribution in [3.05, 3.63) is 29.8 Å². The second-order valence-corrected chi connectivity index (χ2v) is 3.97. The Morgan fingerprint density at radius 3 is 3.00 bits per heavy atom. The maximum atomic E-state index is 9.30. The molecule has 0 aliphatic rings. The summed E-state index contributed by atoms with van der Waals surface area (Å²) in [5.74, 6) is 0.797. The van der Waals surface area contributed by atoms with Crippen LogP contribution in [0.5, 0.6) is 5.75 Å². The number of hydrogen-bond acceptors (Lipinski definition) is 2.